The molecule has 1 amide bonds. The molecule has 0 aliphatic heterocycles. The van der Waals surface area contributed by atoms with Crippen LogP contribution >= 0.6 is 0 Å². The van der Waals surface area contributed by atoms with Crippen LogP contribution in [0.3, 0.4) is 0 Å². The fourth-order valence-corrected chi connectivity index (χ4v) is 2.12. The summed E-state index contributed by atoms with van der Waals surface area (Å²) in [6.07, 6.45) is 5.11. The molecule has 0 fully saturated rings. The second kappa shape index (κ2) is 7.43. The molecule has 4 nitrogen and oxygen atoms in total. The SMILES string of the molecule is CCCCc1ccc(NC(=O)c2cccnc2NC)cc1. The Morgan fingerprint density at radius 3 is 2.62 bits per heavy atom. The number of pyridine rings is 1. The Hall–Kier alpha value is -2.36. The quantitative estimate of drug-likeness (QED) is 0.849. The maximum absolute atomic E-state index is 12.3. The van der Waals surface area contributed by atoms with Crippen LogP contribution in [0.2, 0.25) is 0 Å². The Balaban J connectivity index is 2.05. The molecule has 4 heteroatoms. The van der Waals surface area contributed by atoms with Crippen molar-refractivity contribution in [1.29, 1.82) is 0 Å². The van der Waals surface area contributed by atoms with Gasteiger partial charge in [-0.15, -0.1) is 0 Å². The molecule has 0 radical (unpaired) electrons. The van der Waals surface area contributed by atoms with E-state index in [0.29, 0.717) is 11.4 Å². The van der Waals surface area contributed by atoms with Gasteiger partial charge in [-0.3, -0.25) is 4.79 Å². The van der Waals surface area contributed by atoms with Crippen molar-refractivity contribution in [2.45, 2.75) is 26.2 Å². The molecule has 1 aromatic carbocycles. The van der Waals surface area contributed by atoms with Gasteiger partial charge in [0.15, 0.2) is 0 Å². The van der Waals surface area contributed by atoms with Gasteiger partial charge in [-0.25, -0.2) is 4.98 Å². The third-order valence-corrected chi connectivity index (χ3v) is 3.32. The molecule has 0 unspecified atom stereocenters. The molecule has 0 saturated heterocycles. The summed E-state index contributed by atoms with van der Waals surface area (Å²) in [6.45, 7) is 2.18. The second-order valence-electron chi connectivity index (χ2n) is 4.90. The zero-order valence-corrected chi connectivity index (χ0v) is 12.5. The highest BCUT2D eigenvalue weighted by molar-refractivity contribution is 6.07. The highest BCUT2D eigenvalue weighted by Gasteiger charge is 2.11. The fourth-order valence-electron chi connectivity index (χ4n) is 2.12. The van der Waals surface area contributed by atoms with Crippen LogP contribution in [0.15, 0.2) is 42.6 Å². The number of aromatic nitrogens is 1. The number of nitrogens with one attached hydrogen (secondary N) is 2. The fraction of sp³-hybridized carbons (Fsp3) is 0.294. The third kappa shape index (κ3) is 4.05. The molecule has 1 heterocycles. The number of benzene rings is 1. The first-order valence-corrected chi connectivity index (χ1v) is 7.27. The summed E-state index contributed by atoms with van der Waals surface area (Å²) in [5.74, 6) is 0.420. The summed E-state index contributed by atoms with van der Waals surface area (Å²) in [5.41, 5.74) is 2.63. The van der Waals surface area contributed by atoms with E-state index in [-0.39, 0.29) is 5.91 Å². The summed E-state index contributed by atoms with van der Waals surface area (Å²) in [5, 5.41) is 5.82. The van der Waals surface area contributed by atoms with E-state index in [1.807, 2.05) is 12.1 Å². The van der Waals surface area contributed by atoms with Crippen LogP contribution in [0, 0.1) is 0 Å². The van der Waals surface area contributed by atoms with Gasteiger partial charge in [0.25, 0.3) is 5.91 Å². The zero-order chi connectivity index (χ0) is 15.1. The smallest absolute Gasteiger partial charge is 0.259 e. The molecular formula is C17H21N3O. The Bertz CT molecular complexity index is 593. The molecule has 2 rings (SSSR count). The van der Waals surface area contributed by atoms with E-state index in [4.69, 9.17) is 0 Å². The minimum atomic E-state index is -0.159. The van der Waals surface area contributed by atoms with Crippen molar-refractivity contribution in [3.8, 4) is 0 Å². The minimum Gasteiger partial charge on any atom is -0.372 e. The van der Waals surface area contributed by atoms with Crippen molar-refractivity contribution in [1.82, 2.24) is 4.98 Å². The molecule has 0 aliphatic carbocycles. The summed E-state index contributed by atoms with van der Waals surface area (Å²) >= 11 is 0. The predicted octanol–water partition coefficient (Wildman–Crippen LogP) is 3.72. The largest absolute Gasteiger partial charge is 0.372 e. The maximum atomic E-state index is 12.3. The average Bonchev–Trinajstić information content (AvgIpc) is 2.54. The first kappa shape index (κ1) is 15.0. The van der Waals surface area contributed by atoms with Gasteiger partial charge < -0.3 is 10.6 Å². The van der Waals surface area contributed by atoms with Crippen LogP contribution in [-0.2, 0) is 6.42 Å². The van der Waals surface area contributed by atoms with E-state index in [1.165, 1.54) is 18.4 Å². The molecule has 21 heavy (non-hydrogen) atoms. The molecule has 0 aliphatic rings. The standard InChI is InChI=1S/C17H21N3O/c1-3-4-6-13-8-10-14(11-9-13)20-17(21)15-7-5-12-19-16(15)18-2/h5,7-12H,3-4,6H2,1-2H3,(H,18,19)(H,20,21). The highest BCUT2D eigenvalue weighted by atomic mass is 16.1. The normalized spacial score (nSPS) is 10.2. The zero-order valence-electron chi connectivity index (χ0n) is 12.5. The number of hydrogen-bond donors (Lipinski definition) is 2. The lowest BCUT2D eigenvalue weighted by Gasteiger charge is -2.09. The Kier molecular flexibility index (Phi) is 5.32. The first-order chi connectivity index (χ1) is 10.2. The average molecular weight is 283 g/mol. The van der Waals surface area contributed by atoms with E-state index in [9.17, 15) is 4.79 Å². The van der Waals surface area contributed by atoms with Crippen LogP contribution in [0.25, 0.3) is 0 Å². The van der Waals surface area contributed by atoms with Crippen LogP contribution < -0.4 is 10.6 Å². The van der Waals surface area contributed by atoms with Gasteiger partial charge >= 0.3 is 0 Å². The maximum Gasteiger partial charge on any atom is 0.259 e. The van der Waals surface area contributed by atoms with E-state index in [2.05, 4.69) is 34.7 Å². The number of anilines is 2. The number of carbonyl (C=O) groups excluding carboxylic acids is 1. The van der Waals surface area contributed by atoms with Crippen LogP contribution in [0.1, 0.15) is 35.7 Å². The number of nitrogens with zero attached hydrogens (tertiary/aromatic N) is 1. The predicted molar refractivity (Wildman–Crippen MR) is 86.8 cm³/mol. The van der Waals surface area contributed by atoms with E-state index >= 15 is 0 Å². The van der Waals surface area contributed by atoms with E-state index < -0.39 is 0 Å². The van der Waals surface area contributed by atoms with Gasteiger partial charge in [-0.05, 0) is 42.7 Å². The molecule has 0 atom stereocenters. The molecular weight excluding hydrogens is 262 g/mol. The number of carbonyl (C=O) groups is 1. The minimum absolute atomic E-state index is 0.159. The lowest BCUT2D eigenvalue weighted by Crippen LogP contribution is -2.14. The third-order valence-electron chi connectivity index (χ3n) is 3.32. The summed E-state index contributed by atoms with van der Waals surface area (Å²) < 4.78 is 0. The van der Waals surface area contributed by atoms with Gasteiger partial charge in [-0.1, -0.05) is 25.5 Å². The molecule has 2 N–H and O–H groups in total. The number of aryl methyl sites for hydroxylation is 1. The molecule has 0 bridgehead atoms. The van der Waals surface area contributed by atoms with Gasteiger partial charge in [0, 0.05) is 18.9 Å². The van der Waals surface area contributed by atoms with Crippen molar-refractivity contribution < 1.29 is 4.79 Å². The van der Waals surface area contributed by atoms with Crippen LogP contribution in [-0.4, -0.2) is 17.9 Å². The molecule has 0 spiro atoms. The summed E-state index contributed by atoms with van der Waals surface area (Å²) in [7, 11) is 1.75. The van der Waals surface area contributed by atoms with Crippen molar-refractivity contribution in [2.24, 2.45) is 0 Å². The molecule has 1 aromatic heterocycles. The van der Waals surface area contributed by atoms with Crippen molar-refractivity contribution >= 4 is 17.4 Å². The molecule has 110 valence electrons. The monoisotopic (exact) mass is 283 g/mol. The van der Waals surface area contributed by atoms with E-state index in [1.54, 1.807) is 25.4 Å². The Morgan fingerprint density at radius 2 is 1.95 bits per heavy atom. The number of hydrogen-bond acceptors (Lipinski definition) is 3. The first-order valence-electron chi connectivity index (χ1n) is 7.27. The summed E-state index contributed by atoms with van der Waals surface area (Å²) in [4.78, 5) is 16.4. The van der Waals surface area contributed by atoms with Gasteiger partial charge in [0.05, 0.1) is 5.56 Å². The molecule has 0 saturated carbocycles. The van der Waals surface area contributed by atoms with Crippen LogP contribution in [0.4, 0.5) is 11.5 Å². The van der Waals surface area contributed by atoms with Gasteiger partial charge in [0.1, 0.15) is 5.82 Å². The Labute approximate surface area is 125 Å². The summed E-state index contributed by atoms with van der Waals surface area (Å²) in [6, 6.07) is 11.5. The van der Waals surface area contributed by atoms with Crippen molar-refractivity contribution in [3.63, 3.8) is 0 Å². The van der Waals surface area contributed by atoms with Gasteiger partial charge in [-0.2, -0.15) is 0 Å². The topological polar surface area (TPSA) is 54.0 Å². The van der Waals surface area contributed by atoms with Gasteiger partial charge in [0.2, 0.25) is 0 Å². The van der Waals surface area contributed by atoms with E-state index in [0.717, 1.165) is 12.1 Å². The van der Waals surface area contributed by atoms with Crippen LogP contribution in [0.5, 0.6) is 0 Å². The van der Waals surface area contributed by atoms with Crippen molar-refractivity contribution in [2.75, 3.05) is 17.7 Å². The molecule has 2 aromatic rings. The highest BCUT2D eigenvalue weighted by Crippen LogP contribution is 2.16. The lowest BCUT2D eigenvalue weighted by molar-refractivity contribution is 0.102. The number of amides is 1. The number of rotatable bonds is 6. The Morgan fingerprint density at radius 1 is 1.19 bits per heavy atom. The lowest BCUT2D eigenvalue weighted by atomic mass is 10.1. The van der Waals surface area contributed by atoms with Crippen molar-refractivity contribution in [3.05, 3.63) is 53.7 Å². The number of unbranched alkanes of at least 4 members (excludes halogenated alkanes) is 1. The second-order valence-corrected chi connectivity index (χ2v) is 4.90.